The van der Waals surface area contributed by atoms with Gasteiger partial charge in [-0.05, 0) is 49.9 Å². The van der Waals surface area contributed by atoms with Crippen molar-refractivity contribution in [1.29, 1.82) is 0 Å². The second-order valence-electron chi connectivity index (χ2n) is 5.80. The fourth-order valence-electron chi connectivity index (χ4n) is 2.42. The van der Waals surface area contributed by atoms with E-state index in [-0.39, 0.29) is 0 Å². The summed E-state index contributed by atoms with van der Waals surface area (Å²) in [4.78, 5) is 6.27. The molecule has 0 unspecified atom stereocenters. The minimum atomic E-state index is 0.309. The van der Waals surface area contributed by atoms with E-state index in [9.17, 15) is 5.11 Å². The number of aromatic nitrogens is 1. The second-order valence-corrected chi connectivity index (χ2v) is 6.89. The van der Waals surface area contributed by atoms with Crippen molar-refractivity contribution in [2.24, 2.45) is 0 Å². The number of phenols is 1. The molecule has 1 heterocycles. The van der Waals surface area contributed by atoms with Crippen LogP contribution in [0, 0.1) is 0 Å². The van der Waals surface area contributed by atoms with Gasteiger partial charge in [0, 0.05) is 28.9 Å². The Morgan fingerprint density at radius 1 is 1.15 bits per heavy atom. The van der Waals surface area contributed by atoms with E-state index in [0.717, 1.165) is 23.2 Å². The van der Waals surface area contributed by atoms with Gasteiger partial charge in [-0.3, -0.25) is 0 Å². The molecule has 1 aromatic heterocycles. The largest absolute Gasteiger partial charge is 0.508 e. The molecule has 3 nitrogen and oxygen atoms in total. The van der Waals surface area contributed by atoms with Crippen molar-refractivity contribution in [3.05, 3.63) is 34.8 Å². The van der Waals surface area contributed by atoms with E-state index in [0.29, 0.717) is 11.7 Å². The summed E-state index contributed by atoms with van der Waals surface area (Å²) in [7, 11) is 0. The maximum atomic E-state index is 9.39. The fraction of sp³-hybridized carbons (Fsp3) is 0.438. The summed E-state index contributed by atoms with van der Waals surface area (Å²) >= 11 is 1.80. The number of nitrogens with zero attached hydrogens (tertiary/aromatic N) is 1. The quantitative estimate of drug-likeness (QED) is 0.882. The predicted molar refractivity (Wildman–Crippen MR) is 81.1 cm³/mol. The van der Waals surface area contributed by atoms with Gasteiger partial charge in [0.05, 0.1) is 5.69 Å². The van der Waals surface area contributed by atoms with Crippen LogP contribution >= 0.6 is 11.3 Å². The Balaban J connectivity index is 1.62. The van der Waals surface area contributed by atoms with Crippen molar-refractivity contribution in [2.75, 3.05) is 0 Å². The Kier molecular flexibility index (Phi) is 3.00. The van der Waals surface area contributed by atoms with E-state index in [1.165, 1.54) is 36.3 Å². The highest BCUT2D eigenvalue weighted by molar-refractivity contribution is 7.15. The molecule has 0 amide bonds. The van der Waals surface area contributed by atoms with Gasteiger partial charge in [-0.1, -0.05) is 0 Å². The standard InChI is InChI=1S/C16H18N2OS/c19-13-7-3-11(4-8-13)16-18-15(10-1-2-10)14(20-16)9-17-12-5-6-12/h3-4,7-8,10,12,17,19H,1-2,5-6,9H2. The van der Waals surface area contributed by atoms with Gasteiger partial charge in [-0.15, -0.1) is 11.3 Å². The molecule has 2 N–H and O–H groups in total. The number of hydrogen-bond acceptors (Lipinski definition) is 4. The molecule has 0 aliphatic heterocycles. The molecule has 104 valence electrons. The average molecular weight is 286 g/mol. The molecule has 2 aliphatic rings. The van der Waals surface area contributed by atoms with Gasteiger partial charge in [0.2, 0.25) is 0 Å². The third-order valence-corrected chi connectivity index (χ3v) is 5.05. The summed E-state index contributed by atoms with van der Waals surface area (Å²) in [5.41, 5.74) is 2.42. The lowest BCUT2D eigenvalue weighted by Gasteiger charge is -2.01. The van der Waals surface area contributed by atoms with E-state index < -0.39 is 0 Å². The summed E-state index contributed by atoms with van der Waals surface area (Å²) in [6.45, 7) is 0.965. The number of hydrogen-bond donors (Lipinski definition) is 2. The zero-order valence-electron chi connectivity index (χ0n) is 11.3. The van der Waals surface area contributed by atoms with Crippen LogP contribution in [0.3, 0.4) is 0 Å². The second kappa shape index (κ2) is 4.86. The zero-order chi connectivity index (χ0) is 13.5. The molecule has 0 atom stereocenters. The van der Waals surface area contributed by atoms with Crippen LogP contribution in [0.15, 0.2) is 24.3 Å². The maximum absolute atomic E-state index is 9.39. The molecule has 2 aromatic rings. The Labute approximate surface area is 122 Å². The monoisotopic (exact) mass is 286 g/mol. The average Bonchev–Trinajstić information content (AvgIpc) is 3.37. The van der Waals surface area contributed by atoms with Crippen molar-refractivity contribution in [3.8, 4) is 16.3 Å². The minimum Gasteiger partial charge on any atom is -0.508 e. The summed E-state index contributed by atoms with van der Waals surface area (Å²) in [5, 5.41) is 14.1. The highest BCUT2D eigenvalue weighted by Crippen LogP contribution is 2.44. The number of thiazole rings is 1. The molecule has 20 heavy (non-hydrogen) atoms. The van der Waals surface area contributed by atoms with E-state index in [1.54, 1.807) is 23.5 Å². The van der Waals surface area contributed by atoms with Gasteiger partial charge >= 0.3 is 0 Å². The zero-order valence-corrected chi connectivity index (χ0v) is 12.1. The molecule has 1 aromatic carbocycles. The topological polar surface area (TPSA) is 45.2 Å². The van der Waals surface area contributed by atoms with Crippen LogP contribution in [0.1, 0.15) is 42.2 Å². The predicted octanol–water partition coefficient (Wildman–Crippen LogP) is 3.65. The van der Waals surface area contributed by atoms with Crippen LogP contribution in [-0.2, 0) is 6.54 Å². The first-order valence-corrected chi connectivity index (χ1v) is 8.13. The van der Waals surface area contributed by atoms with Gasteiger partial charge in [0.1, 0.15) is 10.8 Å². The Morgan fingerprint density at radius 3 is 2.55 bits per heavy atom. The van der Waals surface area contributed by atoms with E-state index >= 15 is 0 Å². The van der Waals surface area contributed by atoms with Crippen molar-refractivity contribution in [2.45, 2.75) is 44.2 Å². The highest BCUT2D eigenvalue weighted by atomic mass is 32.1. The molecule has 2 aliphatic carbocycles. The van der Waals surface area contributed by atoms with Crippen molar-refractivity contribution >= 4 is 11.3 Å². The molecular weight excluding hydrogens is 268 g/mol. The van der Waals surface area contributed by atoms with Crippen LogP contribution in [0.4, 0.5) is 0 Å². The van der Waals surface area contributed by atoms with Crippen molar-refractivity contribution < 1.29 is 5.11 Å². The lowest BCUT2D eigenvalue weighted by atomic mass is 10.2. The molecule has 0 spiro atoms. The first-order valence-electron chi connectivity index (χ1n) is 7.32. The number of phenolic OH excluding ortho intramolecular Hbond substituents is 1. The molecule has 4 heteroatoms. The number of rotatable bonds is 5. The van der Waals surface area contributed by atoms with Crippen LogP contribution < -0.4 is 5.32 Å². The van der Waals surface area contributed by atoms with Gasteiger partial charge in [0.25, 0.3) is 0 Å². The van der Waals surface area contributed by atoms with Crippen LogP contribution in [0.5, 0.6) is 5.75 Å². The van der Waals surface area contributed by atoms with Gasteiger partial charge in [-0.2, -0.15) is 0 Å². The molecule has 0 radical (unpaired) electrons. The van der Waals surface area contributed by atoms with E-state index in [4.69, 9.17) is 4.98 Å². The molecule has 2 fully saturated rings. The van der Waals surface area contributed by atoms with Crippen LogP contribution in [0.25, 0.3) is 10.6 Å². The molecule has 2 saturated carbocycles. The number of aromatic hydroxyl groups is 1. The maximum Gasteiger partial charge on any atom is 0.123 e. The Bertz CT molecular complexity index is 612. The summed E-state index contributed by atoms with van der Waals surface area (Å²) in [5.74, 6) is 0.997. The fourth-order valence-corrected chi connectivity index (χ4v) is 3.52. The molecule has 4 rings (SSSR count). The normalized spacial score (nSPS) is 18.4. The minimum absolute atomic E-state index is 0.309. The van der Waals surface area contributed by atoms with Gasteiger partial charge in [0.15, 0.2) is 0 Å². The van der Waals surface area contributed by atoms with Gasteiger partial charge in [-0.25, -0.2) is 4.98 Å². The van der Waals surface area contributed by atoms with Crippen molar-refractivity contribution in [1.82, 2.24) is 10.3 Å². The van der Waals surface area contributed by atoms with Crippen molar-refractivity contribution in [3.63, 3.8) is 0 Å². The number of benzene rings is 1. The third kappa shape index (κ3) is 2.58. The number of nitrogens with one attached hydrogen (secondary N) is 1. The summed E-state index contributed by atoms with van der Waals surface area (Å²) in [6.07, 6.45) is 5.22. The van der Waals surface area contributed by atoms with E-state index in [1.807, 2.05) is 12.1 Å². The van der Waals surface area contributed by atoms with Crippen LogP contribution in [-0.4, -0.2) is 16.1 Å². The smallest absolute Gasteiger partial charge is 0.123 e. The highest BCUT2D eigenvalue weighted by Gasteiger charge is 2.30. The Morgan fingerprint density at radius 2 is 1.90 bits per heavy atom. The lowest BCUT2D eigenvalue weighted by molar-refractivity contribution is 0.475. The molecule has 0 saturated heterocycles. The molecule has 0 bridgehead atoms. The summed E-state index contributed by atoms with van der Waals surface area (Å²) < 4.78 is 0. The Hall–Kier alpha value is -1.39. The first-order chi connectivity index (χ1) is 9.79. The SMILES string of the molecule is Oc1ccc(-c2nc(C3CC3)c(CNC3CC3)s2)cc1. The van der Waals surface area contributed by atoms with E-state index in [2.05, 4.69) is 5.32 Å². The van der Waals surface area contributed by atoms with Crippen LogP contribution in [0.2, 0.25) is 0 Å². The first kappa shape index (κ1) is 12.4. The van der Waals surface area contributed by atoms with Gasteiger partial charge < -0.3 is 10.4 Å². The third-order valence-electron chi connectivity index (χ3n) is 3.93. The molecular formula is C16H18N2OS. The summed E-state index contributed by atoms with van der Waals surface area (Å²) in [6, 6.07) is 8.10. The lowest BCUT2D eigenvalue weighted by Crippen LogP contribution is -2.15.